The van der Waals surface area contributed by atoms with Crippen LogP contribution < -0.4 is 5.32 Å². The van der Waals surface area contributed by atoms with Crippen LogP contribution in [-0.4, -0.2) is 31.5 Å². The van der Waals surface area contributed by atoms with Gasteiger partial charge in [-0.3, -0.25) is 0 Å². The molecule has 1 aromatic carbocycles. The second-order valence-electron chi connectivity index (χ2n) is 4.66. The van der Waals surface area contributed by atoms with Gasteiger partial charge in [0.1, 0.15) is 0 Å². The lowest BCUT2D eigenvalue weighted by atomic mass is 9.88. The van der Waals surface area contributed by atoms with Gasteiger partial charge in [-0.1, -0.05) is 24.3 Å². The fourth-order valence-corrected chi connectivity index (χ4v) is 2.50. The van der Waals surface area contributed by atoms with E-state index in [0.717, 1.165) is 6.42 Å². The fourth-order valence-electron chi connectivity index (χ4n) is 2.50. The second-order valence-corrected chi connectivity index (χ2v) is 4.66. The highest BCUT2D eigenvalue weighted by Gasteiger charge is 2.19. The van der Waals surface area contributed by atoms with Gasteiger partial charge in [-0.05, 0) is 30.4 Å². The summed E-state index contributed by atoms with van der Waals surface area (Å²) < 4.78 is 4.92. The first-order chi connectivity index (χ1) is 8.31. The first-order valence-corrected chi connectivity index (χ1v) is 6.29. The highest BCUT2D eigenvalue weighted by Crippen LogP contribution is 2.29. The molecule has 0 aromatic heterocycles. The Bertz CT molecular complexity index is 354. The largest absolute Gasteiger partial charge is 0.389 e. The zero-order chi connectivity index (χ0) is 12.1. The molecule has 0 radical (unpaired) electrons. The second kappa shape index (κ2) is 6.15. The maximum absolute atomic E-state index is 9.64. The van der Waals surface area contributed by atoms with Crippen molar-refractivity contribution in [1.82, 2.24) is 5.32 Å². The smallest absolute Gasteiger partial charge is 0.0897 e. The summed E-state index contributed by atoms with van der Waals surface area (Å²) in [6.07, 6.45) is 3.12. The van der Waals surface area contributed by atoms with Crippen molar-refractivity contribution in [3.8, 4) is 0 Å². The first-order valence-electron chi connectivity index (χ1n) is 6.29. The van der Waals surface area contributed by atoms with Crippen LogP contribution in [-0.2, 0) is 11.2 Å². The summed E-state index contributed by atoms with van der Waals surface area (Å²) in [7, 11) is 1.61. The number of aliphatic hydroxyl groups is 1. The van der Waals surface area contributed by atoms with E-state index in [1.807, 2.05) is 0 Å². The predicted octanol–water partition coefficient (Wildman–Crippen LogP) is 1.66. The molecule has 0 saturated heterocycles. The van der Waals surface area contributed by atoms with Crippen molar-refractivity contribution in [2.75, 3.05) is 20.3 Å². The molecule has 0 heterocycles. The number of aliphatic hydroxyl groups excluding tert-OH is 1. The first kappa shape index (κ1) is 12.6. The van der Waals surface area contributed by atoms with Gasteiger partial charge in [0, 0.05) is 19.7 Å². The monoisotopic (exact) mass is 235 g/mol. The molecule has 0 bridgehead atoms. The molecular formula is C14H21NO2. The molecule has 1 aromatic rings. The Kier molecular flexibility index (Phi) is 4.54. The van der Waals surface area contributed by atoms with Crippen LogP contribution in [0, 0.1) is 0 Å². The molecule has 0 amide bonds. The quantitative estimate of drug-likeness (QED) is 0.815. The molecule has 2 rings (SSSR count). The number of hydrogen-bond acceptors (Lipinski definition) is 3. The standard InChI is InChI=1S/C14H21NO2/c1-17-10-12(16)9-15-14-8-4-6-11-5-2-3-7-13(11)14/h2-3,5,7,12,14-16H,4,6,8-10H2,1H3. The molecular weight excluding hydrogens is 214 g/mol. The van der Waals surface area contributed by atoms with Crippen molar-refractivity contribution in [2.24, 2.45) is 0 Å². The summed E-state index contributed by atoms with van der Waals surface area (Å²) in [5.74, 6) is 0. The van der Waals surface area contributed by atoms with E-state index in [9.17, 15) is 5.11 Å². The number of nitrogens with one attached hydrogen (secondary N) is 1. The molecule has 3 heteroatoms. The minimum absolute atomic E-state index is 0.381. The molecule has 0 aliphatic heterocycles. The Morgan fingerprint density at radius 3 is 3.12 bits per heavy atom. The normalized spacial score (nSPS) is 20.9. The van der Waals surface area contributed by atoms with Crippen LogP contribution in [0.5, 0.6) is 0 Å². The molecule has 0 spiro atoms. The van der Waals surface area contributed by atoms with Crippen LogP contribution in [0.3, 0.4) is 0 Å². The van der Waals surface area contributed by atoms with Crippen molar-refractivity contribution in [3.63, 3.8) is 0 Å². The maximum atomic E-state index is 9.64. The number of benzene rings is 1. The van der Waals surface area contributed by atoms with E-state index in [-0.39, 0.29) is 0 Å². The van der Waals surface area contributed by atoms with Gasteiger partial charge < -0.3 is 15.2 Å². The lowest BCUT2D eigenvalue weighted by Crippen LogP contribution is -2.34. The van der Waals surface area contributed by atoms with Crippen LogP contribution >= 0.6 is 0 Å². The molecule has 2 N–H and O–H groups in total. The van der Waals surface area contributed by atoms with Crippen LogP contribution in [0.1, 0.15) is 30.0 Å². The van der Waals surface area contributed by atoms with E-state index in [0.29, 0.717) is 19.2 Å². The third kappa shape index (κ3) is 3.28. The zero-order valence-corrected chi connectivity index (χ0v) is 10.4. The number of methoxy groups -OCH3 is 1. The lowest BCUT2D eigenvalue weighted by molar-refractivity contribution is 0.0622. The van der Waals surface area contributed by atoms with Gasteiger partial charge in [-0.2, -0.15) is 0 Å². The minimum atomic E-state index is -0.422. The van der Waals surface area contributed by atoms with Crippen molar-refractivity contribution in [1.29, 1.82) is 0 Å². The minimum Gasteiger partial charge on any atom is -0.389 e. The Morgan fingerprint density at radius 1 is 1.47 bits per heavy atom. The van der Waals surface area contributed by atoms with Gasteiger partial charge in [0.25, 0.3) is 0 Å². The summed E-state index contributed by atoms with van der Waals surface area (Å²) in [5, 5.41) is 13.1. The maximum Gasteiger partial charge on any atom is 0.0897 e. The molecule has 1 aliphatic carbocycles. The summed E-state index contributed by atoms with van der Waals surface area (Å²) in [4.78, 5) is 0. The molecule has 3 nitrogen and oxygen atoms in total. The average Bonchev–Trinajstić information content (AvgIpc) is 2.36. The van der Waals surface area contributed by atoms with Gasteiger partial charge in [-0.25, -0.2) is 0 Å². The van der Waals surface area contributed by atoms with E-state index >= 15 is 0 Å². The number of hydrogen-bond donors (Lipinski definition) is 2. The lowest BCUT2D eigenvalue weighted by Gasteiger charge is -2.27. The molecule has 2 atom stereocenters. The summed E-state index contributed by atoms with van der Waals surface area (Å²) >= 11 is 0. The van der Waals surface area contributed by atoms with Gasteiger partial charge in [0.05, 0.1) is 12.7 Å². The number of aryl methyl sites for hydroxylation is 1. The number of fused-ring (bicyclic) bond motifs is 1. The summed E-state index contributed by atoms with van der Waals surface area (Å²) in [6.45, 7) is 0.980. The molecule has 2 unspecified atom stereocenters. The van der Waals surface area contributed by atoms with E-state index < -0.39 is 6.10 Å². The van der Waals surface area contributed by atoms with Crippen molar-refractivity contribution < 1.29 is 9.84 Å². The molecule has 17 heavy (non-hydrogen) atoms. The Labute approximate surface area is 103 Å². The number of ether oxygens (including phenoxy) is 1. The van der Waals surface area contributed by atoms with Gasteiger partial charge in [-0.15, -0.1) is 0 Å². The zero-order valence-electron chi connectivity index (χ0n) is 10.4. The third-order valence-corrected chi connectivity index (χ3v) is 3.33. The van der Waals surface area contributed by atoms with E-state index in [4.69, 9.17) is 4.74 Å². The van der Waals surface area contributed by atoms with Crippen molar-refractivity contribution in [3.05, 3.63) is 35.4 Å². The Morgan fingerprint density at radius 2 is 2.29 bits per heavy atom. The van der Waals surface area contributed by atoms with Crippen LogP contribution in [0.2, 0.25) is 0 Å². The molecule has 0 fully saturated rings. The van der Waals surface area contributed by atoms with Crippen LogP contribution in [0.25, 0.3) is 0 Å². The summed E-state index contributed by atoms with van der Waals surface area (Å²) in [6, 6.07) is 8.96. The van der Waals surface area contributed by atoms with Crippen molar-refractivity contribution in [2.45, 2.75) is 31.4 Å². The highest BCUT2D eigenvalue weighted by atomic mass is 16.5. The van der Waals surface area contributed by atoms with Gasteiger partial charge >= 0.3 is 0 Å². The highest BCUT2D eigenvalue weighted by molar-refractivity contribution is 5.32. The van der Waals surface area contributed by atoms with E-state index in [1.54, 1.807) is 7.11 Å². The average molecular weight is 235 g/mol. The fraction of sp³-hybridized carbons (Fsp3) is 0.571. The molecule has 1 aliphatic rings. The molecule has 0 saturated carbocycles. The summed E-state index contributed by atoms with van der Waals surface area (Å²) in [5.41, 5.74) is 2.83. The van der Waals surface area contributed by atoms with E-state index in [1.165, 1.54) is 24.0 Å². The SMILES string of the molecule is COCC(O)CNC1CCCc2ccccc21. The van der Waals surface area contributed by atoms with Gasteiger partial charge in [0.15, 0.2) is 0 Å². The third-order valence-electron chi connectivity index (χ3n) is 3.33. The van der Waals surface area contributed by atoms with Gasteiger partial charge in [0.2, 0.25) is 0 Å². The number of rotatable bonds is 5. The van der Waals surface area contributed by atoms with E-state index in [2.05, 4.69) is 29.6 Å². The van der Waals surface area contributed by atoms with Crippen LogP contribution in [0.15, 0.2) is 24.3 Å². The van der Waals surface area contributed by atoms with Crippen molar-refractivity contribution >= 4 is 0 Å². The Hall–Kier alpha value is -0.900. The molecule has 94 valence electrons. The predicted molar refractivity (Wildman–Crippen MR) is 68.0 cm³/mol. The topological polar surface area (TPSA) is 41.5 Å². The Balaban J connectivity index is 1.94. The van der Waals surface area contributed by atoms with Crippen LogP contribution in [0.4, 0.5) is 0 Å².